The molecule has 5 heteroatoms. The van der Waals surface area contributed by atoms with E-state index in [4.69, 9.17) is 4.74 Å². The number of benzene rings is 1. The first-order valence-corrected chi connectivity index (χ1v) is 13.5. The maximum absolute atomic E-state index is 13.2. The fourth-order valence-corrected chi connectivity index (χ4v) is 5.98. The van der Waals surface area contributed by atoms with Gasteiger partial charge in [0.25, 0.3) is 0 Å². The summed E-state index contributed by atoms with van der Waals surface area (Å²) < 4.78 is 7.25. The van der Waals surface area contributed by atoms with Crippen molar-refractivity contribution < 1.29 is 14.3 Å². The lowest BCUT2D eigenvalue weighted by Gasteiger charge is -2.42. The summed E-state index contributed by atoms with van der Waals surface area (Å²) in [5, 5.41) is 0. The molecular weight excluding hydrogens is 478 g/mol. The molecule has 178 valence electrons. The largest absolute Gasteiger partial charge is 0.493 e. The molecule has 0 saturated heterocycles. The molecule has 1 aromatic rings. The van der Waals surface area contributed by atoms with Crippen LogP contribution in [0.1, 0.15) is 95.5 Å². The molecule has 1 aromatic carbocycles. The summed E-state index contributed by atoms with van der Waals surface area (Å²) >= 11 is 3.63. The molecule has 0 aromatic heterocycles. The lowest BCUT2D eigenvalue weighted by molar-refractivity contribution is -0.117. The van der Waals surface area contributed by atoms with Crippen LogP contribution in [0.3, 0.4) is 0 Å². The van der Waals surface area contributed by atoms with Crippen LogP contribution in [-0.4, -0.2) is 30.1 Å². The smallest absolute Gasteiger partial charge is 0.161 e. The van der Waals surface area contributed by atoms with Crippen molar-refractivity contribution in [2.45, 2.75) is 89.9 Å². The molecule has 0 bridgehead atoms. The van der Waals surface area contributed by atoms with E-state index in [1.807, 2.05) is 19.2 Å². The van der Waals surface area contributed by atoms with E-state index < -0.39 is 0 Å². The highest BCUT2D eigenvalue weighted by Gasteiger charge is 2.43. The second kappa shape index (κ2) is 11.0. The molecule has 0 fully saturated rings. The van der Waals surface area contributed by atoms with Crippen LogP contribution in [0.5, 0.6) is 5.75 Å². The molecule has 33 heavy (non-hydrogen) atoms. The summed E-state index contributed by atoms with van der Waals surface area (Å²) in [5.74, 6) is 0.848. The van der Waals surface area contributed by atoms with E-state index in [9.17, 15) is 9.59 Å². The minimum atomic E-state index is -0.316. The number of hydrogen-bond acceptors (Lipinski definition) is 4. The molecule has 0 amide bonds. The Labute approximate surface area is 206 Å². The van der Waals surface area contributed by atoms with Gasteiger partial charge in [-0.3, -0.25) is 9.59 Å². The fraction of sp³-hybridized carbons (Fsp3) is 0.571. The van der Waals surface area contributed by atoms with Crippen molar-refractivity contribution in [2.24, 2.45) is 0 Å². The predicted molar refractivity (Wildman–Crippen MR) is 135 cm³/mol. The highest BCUT2D eigenvalue weighted by Crippen LogP contribution is 2.50. The number of rotatable bonds is 9. The van der Waals surface area contributed by atoms with Gasteiger partial charge in [-0.15, -0.1) is 0 Å². The monoisotopic (exact) mass is 513 g/mol. The van der Waals surface area contributed by atoms with Crippen molar-refractivity contribution >= 4 is 27.5 Å². The molecule has 3 aliphatic rings. The summed E-state index contributed by atoms with van der Waals surface area (Å²) in [6.45, 7) is 2.89. The molecular formula is C28H36BrNO3. The van der Waals surface area contributed by atoms with Crippen LogP contribution in [0.25, 0.3) is 0 Å². The van der Waals surface area contributed by atoms with Gasteiger partial charge in [0.2, 0.25) is 0 Å². The summed E-state index contributed by atoms with van der Waals surface area (Å²) in [4.78, 5) is 28.7. The standard InChI is InChI=1S/C28H36BrNO3/c1-3-4-5-6-7-8-17-33-25-16-15-19(29)18-20(25)26-27-21(11-9-13-23(27)31)30(2)22-12-10-14-24(32)28(22)26/h15-16,18,26H,3-14,17H2,1-2H3. The van der Waals surface area contributed by atoms with E-state index in [0.29, 0.717) is 19.4 Å². The molecule has 4 nitrogen and oxygen atoms in total. The second-order valence-electron chi connectivity index (χ2n) is 9.56. The molecule has 0 atom stereocenters. The van der Waals surface area contributed by atoms with Crippen molar-refractivity contribution in [3.63, 3.8) is 0 Å². The molecule has 0 saturated carbocycles. The van der Waals surface area contributed by atoms with Gasteiger partial charge in [0, 0.05) is 58.4 Å². The SMILES string of the molecule is CCCCCCCCOc1ccc(Br)cc1C1C2=C(CCCC2=O)N(C)C2=C1C(=O)CCC2. The summed E-state index contributed by atoms with van der Waals surface area (Å²) in [5.41, 5.74) is 4.80. The third-order valence-electron chi connectivity index (χ3n) is 7.28. The van der Waals surface area contributed by atoms with Crippen LogP contribution < -0.4 is 4.74 Å². The number of Topliss-reactive ketones (excluding diaryl/α,β-unsaturated/α-hetero) is 2. The van der Waals surface area contributed by atoms with Gasteiger partial charge < -0.3 is 9.64 Å². The molecule has 0 N–H and O–H groups in total. The fourth-order valence-electron chi connectivity index (χ4n) is 5.60. The van der Waals surface area contributed by atoms with E-state index in [0.717, 1.165) is 70.4 Å². The van der Waals surface area contributed by atoms with Crippen LogP contribution in [0.15, 0.2) is 45.2 Å². The first-order valence-electron chi connectivity index (χ1n) is 12.7. The number of unbranched alkanes of at least 4 members (excludes halogenated alkanes) is 5. The van der Waals surface area contributed by atoms with E-state index in [2.05, 4.69) is 33.8 Å². The van der Waals surface area contributed by atoms with Crippen molar-refractivity contribution in [1.29, 1.82) is 0 Å². The van der Waals surface area contributed by atoms with E-state index in [-0.39, 0.29) is 17.5 Å². The average Bonchev–Trinajstić information content (AvgIpc) is 2.81. The Morgan fingerprint density at radius 2 is 1.52 bits per heavy atom. The lowest BCUT2D eigenvalue weighted by atomic mass is 9.71. The topological polar surface area (TPSA) is 46.6 Å². The van der Waals surface area contributed by atoms with Crippen molar-refractivity contribution in [3.8, 4) is 5.75 Å². The van der Waals surface area contributed by atoms with Crippen LogP contribution in [-0.2, 0) is 9.59 Å². The molecule has 4 rings (SSSR count). The first kappa shape index (κ1) is 24.3. The zero-order chi connectivity index (χ0) is 23.4. The van der Waals surface area contributed by atoms with Crippen LogP contribution in [0.4, 0.5) is 0 Å². The zero-order valence-corrected chi connectivity index (χ0v) is 21.6. The number of ketones is 2. The molecule has 0 spiro atoms. The Hall–Kier alpha value is -1.88. The Balaban J connectivity index is 1.67. The first-order chi connectivity index (χ1) is 16.0. The highest BCUT2D eigenvalue weighted by molar-refractivity contribution is 9.10. The number of ether oxygens (including phenoxy) is 1. The quantitative estimate of drug-likeness (QED) is 0.326. The third-order valence-corrected chi connectivity index (χ3v) is 7.78. The van der Waals surface area contributed by atoms with Crippen LogP contribution >= 0.6 is 15.9 Å². The molecule has 2 aliphatic carbocycles. The third kappa shape index (κ3) is 5.13. The second-order valence-corrected chi connectivity index (χ2v) is 10.5. The van der Waals surface area contributed by atoms with Gasteiger partial charge in [0.1, 0.15) is 5.75 Å². The average molecular weight is 515 g/mol. The Kier molecular flexibility index (Phi) is 8.11. The van der Waals surface area contributed by atoms with Crippen LogP contribution in [0, 0.1) is 0 Å². The van der Waals surface area contributed by atoms with Gasteiger partial charge in [-0.25, -0.2) is 0 Å². The van der Waals surface area contributed by atoms with E-state index in [1.165, 1.54) is 32.1 Å². The number of allylic oxidation sites excluding steroid dienone is 4. The summed E-state index contributed by atoms with van der Waals surface area (Å²) in [6, 6.07) is 6.05. The zero-order valence-electron chi connectivity index (χ0n) is 20.1. The predicted octanol–water partition coefficient (Wildman–Crippen LogP) is 7.23. The number of halogens is 1. The van der Waals surface area contributed by atoms with Gasteiger partial charge in [-0.2, -0.15) is 0 Å². The number of carbonyl (C=O) groups excluding carboxylic acids is 2. The van der Waals surface area contributed by atoms with E-state index in [1.54, 1.807) is 0 Å². The maximum Gasteiger partial charge on any atom is 0.161 e. The maximum atomic E-state index is 13.2. The lowest BCUT2D eigenvalue weighted by Crippen LogP contribution is -2.37. The normalized spacial score (nSPS) is 19.2. The number of nitrogens with zero attached hydrogens (tertiary/aromatic N) is 1. The van der Waals surface area contributed by atoms with Gasteiger partial charge >= 0.3 is 0 Å². The van der Waals surface area contributed by atoms with Crippen molar-refractivity contribution in [1.82, 2.24) is 4.90 Å². The number of hydrogen-bond donors (Lipinski definition) is 0. The van der Waals surface area contributed by atoms with Gasteiger partial charge in [0.15, 0.2) is 11.6 Å². The summed E-state index contributed by atoms with van der Waals surface area (Å²) in [7, 11) is 2.04. The Bertz CT molecular complexity index is 933. The van der Waals surface area contributed by atoms with E-state index >= 15 is 0 Å². The minimum absolute atomic E-state index is 0.180. The van der Waals surface area contributed by atoms with Gasteiger partial charge in [-0.1, -0.05) is 55.0 Å². The van der Waals surface area contributed by atoms with Crippen molar-refractivity contribution in [2.75, 3.05) is 13.7 Å². The minimum Gasteiger partial charge on any atom is -0.493 e. The molecule has 1 heterocycles. The Morgan fingerprint density at radius 3 is 2.15 bits per heavy atom. The summed E-state index contributed by atoms with van der Waals surface area (Å²) in [6.07, 6.45) is 11.9. The van der Waals surface area contributed by atoms with Gasteiger partial charge in [0.05, 0.1) is 6.61 Å². The van der Waals surface area contributed by atoms with Gasteiger partial charge in [-0.05, 0) is 50.3 Å². The molecule has 0 unspecified atom stereocenters. The number of carbonyl (C=O) groups is 2. The molecule has 1 aliphatic heterocycles. The molecule has 0 radical (unpaired) electrons. The Morgan fingerprint density at radius 1 is 0.909 bits per heavy atom. The highest BCUT2D eigenvalue weighted by atomic mass is 79.9. The van der Waals surface area contributed by atoms with Crippen molar-refractivity contribution in [3.05, 3.63) is 50.8 Å². The van der Waals surface area contributed by atoms with Crippen LogP contribution in [0.2, 0.25) is 0 Å².